The Bertz CT molecular complexity index is 3440. The number of aliphatic imine (C=N–C) groups is 2. The zero-order valence-corrected chi connectivity index (χ0v) is 33.5. The smallest absolute Gasteiger partial charge is 0.185 e. The van der Waals surface area contributed by atoms with Crippen molar-refractivity contribution in [2.24, 2.45) is 15.1 Å². The van der Waals surface area contributed by atoms with Crippen LogP contribution in [0, 0.1) is 0 Å². The van der Waals surface area contributed by atoms with E-state index in [0.717, 1.165) is 77.3 Å². The Morgan fingerprint density at radius 1 is 0.435 bits per heavy atom. The standard InChI is InChI=1S/C55H37N7/c1-56-53(42-33-40(37-18-6-2-7-19-37)32-41(34-42)38-20-8-3-9-21-38)59-55(43-35-57-54(58-36-43)39-22-10-4-11-23-39)60-62-49-29-17-15-27-47(49)51-50(62)31-30-46-45-26-14-16-28-48(45)61(52(46)51)44-24-12-5-13-25-44/h2-36H,1H2/b59-53?,60-55-. The lowest BCUT2D eigenvalue weighted by atomic mass is 9.96. The van der Waals surface area contributed by atoms with Crippen molar-refractivity contribution >= 4 is 62.0 Å². The summed E-state index contributed by atoms with van der Waals surface area (Å²) in [5, 5.41) is 9.96. The molecule has 62 heavy (non-hydrogen) atoms. The van der Waals surface area contributed by atoms with Gasteiger partial charge in [0.15, 0.2) is 17.5 Å². The van der Waals surface area contributed by atoms with Gasteiger partial charge < -0.3 is 4.57 Å². The summed E-state index contributed by atoms with van der Waals surface area (Å²) in [5.41, 5.74) is 11.8. The van der Waals surface area contributed by atoms with E-state index in [2.05, 4.69) is 150 Å². The van der Waals surface area contributed by atoms with Crippen molar-refractivity contribution in [3.05, 3.63) is 224 Å². The van der Waals surface area contributed by atoms with Crippen LogP contribution >= 0.6 is 0 Å². The third-order valence-electron chi connectivity index (χ3n) is 11.4. The SMILES string of the molecule is C=NC(=N/C(=N\n1c2ccccc2c2c1ccc1c3ccccc3n(-c3ccccc3)c12)c1cnc(-c2ccccc2)nc1)c1cc(-c2ccccc2)cc(-c2ccccc2)c1. The zero-order valence-electron chi connectivity index (χ0n) is 33.5. The first-order valence-electron chi connectivity index (χ1n) is 20.5. The van der Waals surface area contributed by atoms with Gasteiger partial charge in [-0.15, -0.1) is 5.10 Å². The van der Waals surface area contributed by atoms with Crippen LogP contribution in [0.2, 0.25) is 0 Å². The third-order valence-corrected chi connectivity index (χ3v) is 11.4. The Morgan fingerprint density at radius 2 is 0.984 bits per heavy atom. The normalized spacial score (nSPS) is 12.1. The molecule has 3 aromatic heterocycles. The van der Waals surface area contributed by atoms with Crippen molar-refractivity contribution in [1.82, 2.24) is 19.2 Å². The van der Waals surface area contributed by atoms with Gasteiger partial charge in [-0.1, -0.05) is 146 Å². The van der Waals surface area contributed by atoms with Crippen molar-refractivity contribution in [3.8, 4) is 39.3 Å². The maximum atomic E-state index is 5.45. The van der Waals surface area contributed by atoms with Crippen molar-refractivity contribution in [1.29, 1.82) is 0 Å². The molecule has 0 bridgehead atoms. The molecule has 3 heterocycles. The molecule has 0 radical (unpaired) electrons. The molecule has 0 N–H and O–H groups in total. The topological polar surface area (TPSA) is 72.7 Å². The maximum absolute atomic E-state index is 5.45. The van der Waals surface area contributed by atoms with Crippen molar-refractivity contribution in [2.75, 3.05) is 0 Å². The first-order valence-corrected chi connectivity index (χ1v) is 20.5. The van der Waals surface area contributed by atoms with E-state index in [1.807, 2.05) is 71.4 Å². The molecule has 0 aliphatic rings. The van der Waals surface area contributed by atoms with Gasteiger partial charge in [0, 0.05) is 50.8 Å². The van der Waals surface area contributed by atoms with Gasteiger partial charge >= 0.3 is 0 Å². The summed E-state index contributed by atoms with van der Waals surface area (Å²) in [6, 6.07) is 69.0. The molecule has 8 aromatic carbocycles. The molecule has 11 aromatic rings. The van der Waals surface area contributed by atoms with Crippen LogP contribution in [0.1, 0.15) is 11.1 Å². The summed E-state index contributed by atoms with van der Waals surface area (Å²) in [6.45, 7) is 4.06. The highest BCUT2D eigenvalue weighted by molar-refractivity contribution is 6.26. The van der Waals surface area contributed by atoms with Gasteiger partial charge in [0.2, 0.25) is 0 Å². The number of hydrogen-bond donors (Lipinski definition) is 0. The van der Waals surface area contributed by atoms with Gasteiger partial charge in [0.05, 0.1) is 27.6 Å². The molecule has 0 fully saturated rings. The Morgan fingerprint density at radius 3 is 1.61 bits per heavy atom. The lowest BCUT2D eigenvalue weighted by Crippen LogP contribution is -2.09. The molecular weight excluding hydrogens is 759 g/mol. The summed E-state index contributed by atoms with van der Waals surface area (Å²) >= 11 is 0. The fraction of sp³-hybridized carbons (Fsp3) is 0. The van der Waals surface area contributed by atoms with E-state index >= 15 is 0 Å². The number of para-hydroxylation sites is 3. The summed E-state index contributed by atoms with van der Waals surface area (Å²) in [7, 11) is 0. The van der Waals surface area contributed by atoms with E-state index in [9.17, 15) is 0 Å². The number of nitrogens with zero attached hydrogens (tertiary/aromatic N) is 7. The Labute approximate surface area is 358 Å². The van der Waals surface area contributed by atoms with Gasteiger partial charge in [0.1, 0.15) is 0 Å². The van der Waals surface area contributed by atoms with Crippen LogP contribution < -0.4 is 0 Å². The van der Waals surface area contributed by atoms with Crippen LogP contribution in [0.4, 0.5) is 0 Å². The van der Waals surface area contributed by atoms with E-state index in [-0.39, 0.29) is 0 Å². The van der Waals surface area contributed by atoms with E-state index in [1.165, 1.54) is 5.39 Å². The third kappa shape index (κ3) is 6.45. The fourth-order valence-corrected chi connectivity index (χ4v) is 8.50. The lowest BCUT2D eigenvalue weighted by molar-refractivity contribution is 0.960. The second-order valence-electron chi connectivity index (χ2n) is 15.1. The van der Waals surface area contributed by atoms with Crippen LogP contribution in [0.3, 0.4) is 0 Å². The molecule has 0 saturated carbocycles. The van der Waals surface area contributed by atoms with E-state index in [4.69, 9.17) is 20.1 Å². The van der Waals surface area contributed by atoms with Crippen LogP contribution in [0.15, 0.2) is 228 Å². The largest absolute Gasteiger partial charge is 0.309 e. The van der Waals surface area contributed by atoms with Crippen molar-refractivity contribution in [2.45, 2.75) is 0 Å². The average Bonchev–Trinajstić information content (AvgIpc) is 3.86. The van der Waals surface area contributed by atoms with E-state index in [0.29, 0.717) is 23.1 Å². The second kappa shape index (κ2) is 15.6. The quantitative estimate of drug-likeness (QED) is 0.119. The van der Waals surface area contributed by atoms with Crippen LogP contribution in [-0.4, -0.2) is 37.6 Å². The Kier molecular flexibility index (Phi) is 9.17. The minimum atomic E-state index is 0.379. The van der Waals surface area contributed by atoms with Crippen LogP contribution in [-0.2, 0) is 0 Å². The van der Waals surface area contributed by atoms with Gasteiger partial charge in [0.25, 0.3) is 0 Å². The highest BCUT2D eigenvalue weighted by atomic mass is 15.4. The molecule has 0 atom stereocenters. The molecule has 0 saturated heterocycles. The lowest BCUT2D eigenvalue weighted by Gasteiger charge is -2.12. The molecule has 0 aliphatic carbocycles. The highest BCUT2D eigenvalue weighted by Gasteiger charge is 2.21. The summed E-state index contributed by atoms with van der Waals surface area (Å²) < 4.78 is 4.37. The number of amidine groups is 2. The first kappa shape index (κ1) is 36.5. The molecular formula is C55H37N7. The van der Waals surface area contributed by atoms with Crippen LogP contribution in [0.25, 0.3) is 82.9 Å². The predicted molar refractivity (Wildman–Crippen MR) is 257 cm³/mol. The fourth-order valence-electron chi connectivity index (χ4n) is 8.50. The average molecular weight is 796 g/mol. The number of rotatable bonds is 7. The predicted octanol–water partition coefficient (Wildman–Crippen LogP) is 13.0. The molecule has 11 rings (SSSR count). The Balaban J connectivity index is 1.18. The number of benzene rings is 8. The molecule has 0 spiro atoms. The summed E-state index contributed by atoms with van der Waals surface area (Å²) in [6.07, 6.45) is 3.57. The maximum Gasteiger partial charge on any atom is 0.185 e. The van der Waals surface area contributed by atoms with Crippen molar-refractivity contribution < 1.29 is 0 Å². The summed E-state index contributed by atoms with van der Waals surface area (Å²) in [5.74, 6) is 1.40. The number of aromatic nitrogens is 4. The molecule has 7 heteroatoms. The molecule has 0 unspecified atom stereocenters. The molecule has 0 amide bonds. The minimum absolute atomic E-state index is 0.379. The molecule has 292 valence electrons. The number of hydrogen-bond acceptors (Lipinski definition) is 3. The van der Waals surface area contributed by atoms with Crippen LogP contribution in [0.5, 0.6) is 0 Å². The van der Waals surface area contributed by atoms with Gasteiger partial charge in [-0.25, -0.2) is 24.6 Å². The zero-order chi connectivity index (χ0) is 41.4. The molecule has 7 nitrogen and oxygen atoms in total. The van der Waals surface area contributed by atoms with E-state index in [1.54, 1.807) is 12.4 Å². The van der Waals surface area contributed by atoms with E-state index < -0.39 is 0 Å². The highest BCUT2D eigenvalue weighted by Crippen LogP contribution is 2.41. The second-order valence-corrected chi connectivity index (χ2v) is 15.1. The van der Waals surface area contributed by atoms with Gasteiger partial charge in [-0.05, 0) is 83.6 Å². The van der Waals surface area contributed by atoms with Gasteiger partial charge in [-0.2, -0.15) is 0 Å². The molecule has 0 aliphatic heterocycles. The summed E-state index contributed by atoms with van der Waals surface area (Å²) in [4.78, 5) is 19.5. The minimum Gasteiger partial charge on any atom is -0.309 e. The Hall–Kier alpha value is -8.55. The van der Waals surface area contributed by atoms with Gasteiger partial charge in [-0.3, -0.25) is 0 Å². The number of fused-ring (bicyclic) bond motifs is 7. The first-order chi connectivity index (χ1) is 30.7. The van der Waals surface area contributed by atoms with Crippen molar-refractivity contribution in [3.63, 3.8) is 0 Å². The monoisotopic (exact) mass is 795 g/mol.